The van der Waals surface area contributed by atoms with Gasteiger partial charge in [-0.1, -0.05) is 73.1 Å². The molecule has 0 atom stereocenters. The second-order valence-electron chi connectivity index (χ2n) is 8.92. The van der Waals surface area contributed by atoms with Crippen LogP contribution in [-0.2, 0) is 6.61 Å². The summed E-state index contributed by atoms with van der Waals surface area (Å²) < 4.78 is 10.3. The number of aromatic nitrogens is 2. The van der Waals surface area contributed by atoms with Crippen molar-refractivity contribution in [1.82, 2.24) is 9.66 Å². The van der Waals surface area contributed by atoms with Crippen molar-refractivity contribution in [1.29, 1.82) is 0 Å². The van der Waals surface area contributed by atoms with Crippen molar-refractivity contribution in [2.75, 3.05) is 0 Å². The number of hydrogen-bond donors (Lipinski definition) is 0. The van der Waals surface area contributed by atoms with Crippen molar-refractivity contribution >= 4 is 64.9 Å². The molecule has 0 spiro atoms. The van der Waals surface area contributed by atoms with Gasteiger partial charge in [0.2, 0.25) is 0 Å². The Morgan fingerprint density at radius 2 is 1.67 bits per heavy atom. The van der Waals surface area contributed by atoms with Crippen LogP contribution in [0.5, 0.6) is 5.75 Å². The highest BCUT2D eigenvalue weighted by molar-refractivity contribution is 9.11. The van der Waals surface area contributed by atoms with Crippen molar-refractivity contribution in [2.24, 2.45) is 5.10 Å². The maximum Gasteiger partial charge on any atom is 0.282 e. The Morgan fingerprint density at radius 3 is 2.42 bits per heavy atom. The van der Waals surface area contributed by atoms with Crippen molar-refractivity contribution in [3.8, 4) is 5.75 Å². The molecule has 0 aliphatic heterocycles. The van der Waals surface area contributed by atoms with Gasteiger partial charge >= 0.3 is 0 Å². The molecule has 0 N–H and O–H groups in total. The maximum absolute atomic E-state index is 13.4. The topological polar surface area (TPSA) is 56.5 Å². The zero-order chi connectivity index (χ0) is 25.1. The Labute approximate surface area is 235 Å². The van der Waals surface area contributed by atoms with Gasteiger partial charge in [0.15, 0.2) is 0 Å². The average Bonchev–Trinajstić information content (AvgIpc) is 2.89. The van der Waals surface area contributed by atoms with Crippen LogP contribution in [-0.4, -0.2) is 15.9 Å². The summed E-state index contributed by atoms with van der Waals surface area (Å²) in [6, 6.07) is 19.3. The van der Waals surface area contributed by atoms with E-state index in [0.29, 0.717) is 17.5 Å². The van der Waals surface area contributed by atoms with E-state index < -0.39 is 0 Å². The number of halogens is 3. The SMILES string of the molecule is O=c1c2cc(Br)ccc2nc(C2CCCCC2)n1N=Cc1ccc(OCc2ccc(Br)cc2Br)cc1. The van der Waals surface area contributed by atoms with Crippen LogP contribution in [0, 0.1) is 0 Å². The largest absolute Gasteiger partial charge is 0.489 e. The van der Waals surface area contributed by atoms with Gasteiger partial charge in [-0.15, -0.1) is 0 Å². The van der Waals surface area contributed by atoms with Crippen LogP contribution in [0.15, 0.2) is 84.0 Å². The van der Waals surface area contributed by atoms with Gasteiger partial charge in [-0.2, -0.15) is 9.78 Å². The summed E-state index contributed by atoms with van der Waals surface area (Å²) in [6.07, 6.45) is 7.32. The second-order valence-corrected chi connectivity index (χ2v) is 11.6. The minimum Gasteiger partial charge on any atom is -0.489 e. The van der Waals surface area contributed by atoms with Crippen molar-refractivity contribution in [3.63, 3.8) is 0 Å². The Hall–Kier alpha value is -2.29. The van der Waals surface area contributed by atoms with E-state index in [9.17, 15) is 4.79 Å². The molecule has 184 valence electrons. The van der Waals surface area contributed by atoms with Gasteiger partial charge in [0.05, 0.1) is 17.1 Å². The smallest absolute Gasteiger partial charge is 0.282 e. The molecule has 5 nitrogen and oxygen atoms in total. The quantitative estimate of drug-likeness (QED) is 0.194. The van der Waals surface area contributed by atoms with Gasteiger partial charge in [-0.25, -0.2) is 4.98 Å². The first kappa shape index (κ1) is 25.4. The van der Waals surface area contributed by atoms with Crippen LogP contribution in [0.2, 0.25) is 0 Å². The lowest BCUT2D eigenvalue weighted by molar-refractivity contribution is 0.305. The first-order valence-electron chi connectivity index (χ1n) is 11.9. The van der Waals surface area contributed by atoms with Crippen LogP contribution < -0.4 is 10.3 Å². The van der Waals surface area contributed by atoms with Crippen molar-refractivity contribution in [3.05, 3.63) is 101 Å². The zero-order valence-corrected chi connectivity index (χ0v) is 24.2. The third-order valence-electron chi connectivity index (χ3n) is 6.42. The van der Waals surface area contributed by atoms with Crippen molar-refractivity contribution < 1.29 is 4.74 Å². The molecule has 0 saturated heterocycles. The van der Waals surface area contributed by atoms with E-state index in [2.05, 4.69) is 52.9 Å². The van der Waals surface area contributed by atoms with E-state index in [-0.39, 0.29) is 11.5 Å². The van der Waals surface area contributed by atoms with E-state index in [4.69, 9.17) is 9.72 Å². The molecular formula is C28H24Br3N3O2. The number of ether oxygens (including phenoxy) is 1. The van der Waals surface area contributed by atoms with Crippen LogP contribution >= 0.6 is 47.8 Å². The fourth-order valence-corrected chi connectivity index (χ4v) is 6.00. The van der Waals surface area contributed by atoms with E-state index in [1.807, 2.05) is 60.7 Å². The first-order chi connectivity index (χ1) is 17.5. The number of rotatable bonds is 6. The highest BCUT2D eigenvalue weighted by atomic mass is 79.9. The molecule has 1 aliphatic carbocycles. The standard InChI is InChI=1S/C28H24Br3N3O2/c29-21-10-13-26-24(14-21)28(35)34(27(33-26)19-4-2-1-3-5-19)32-16-18-6-11-23(12-7-18)36-17-20-8-9-22(30)15-25(20)31/h6-16,19H,1-5,17H2. The monoisotopic (exact) mass is 671 g/mol. The second kappa shape index (κ2) is 11.4. The lowest BCUT2D eigenvalue weighted by Crippen LogP contribution is -2.25. The highest BCUT2D eigenvalue weighted by Crippen LogP contribution is 2.32. The summed E-state index contributed by atoms with van der Waals surface area (Å²) in [5.74, 6) is 1.76. The van der Waals surface area contributed by atoms with E-state index >= 15 is 0 Å². The third kappa shape index (κ3) is 5.82. The molecule has 3 aromatic carbocycles. The third-order valence-corrected chi connectivity index (χ3v) is 8.14. The molecular weight excluding hydrogens is 650 g/mol. The van der Waals surface area contributed by atoms with Crippen LogP contribution in [0.3, 0.4) is 0 Å². The van der Waals surface area contributed by atoms with Crippen molar-refractivity contribution in [2.45, 2.75) is 44.6 Å². The molecule has 8 heteroatoms. The van der Waals surface area contributed by atoms with Gasteiger partial charge in [-0.05, 0) is 73.0 Å². The number of fused-ring (bicyclic) bond motifs is 1. The molecule has 0 radical (unpaired) electrons. The molecule has 1 heterocycles. The molecule has 1 aromatic heterocycles. The van der Waals surface area contributed by atoms with Gasteiger partial charge in [-0.3, -0.25) is 4.79 Å². The van der Waals surface area contributed by atoms with Crippen LogP contribution in [0.4, 0.5) is 0 Å². The molecule has 5 rings (SSSR count). The zero-order valence-electron chi connectivity index (χ0n) is 19.5. The highest BCUT2D eigenvalue weighted by Gasteiger charge is 2.22. The van der Waals surface area contributed by atoms with Crippen LogP contribution in [0.1, 0.15) is 55.0 Å². The number of nitrogens with zero attached hydrogens (tertiary/aromatic N) is 3. The van der Waals surface area contributed by atoms with E-state index in [0.717, 1.165) is 61.8 Å². The van der Waals surface area contributed by atoms with Gasteiger partial charge in [0.1, 0.15) is 18.2 Å². The minimum atomic E-state index is -0.141. The molecule has 0 unspecified atom stereocenters. The molecule has 0 amide bonds. The Bertz CT molecular complexity index is 1480. The molecule has 36 heavy (non-hydrogen) atoms. The van der Waals surface area contributed by atoms with E-state index in [1.54, 1.807) is 6.21 Å². The Morgan fingerprint density at radius 1 is 0.944 bits per heavy atom. The Balaban J connectivity index is 1.39. The Kier molecular flexibility index (Phi) is 8.03. The predicted molar refractivity (Wildman–Crippen MR) is 155 cm³/mol. The van der Waals surface area contributed by atoms with Gasteiger partial charge in [0, 0.05) is 24.9 Å². The summed E-state index contributed by atoms with van der Waals surface area (Å²) in [5, 5.41) is 5.18. The molecule has 1 aliphatic rings. The summed E-state index contributed by atoms with van der Waals surface area (Å²) in [6.45, 7) is 0.458. The first-order valence-corrected chi connectivity index (χ1v) is 14.3. The fourth-order valence-electron chi connectivity index (χ4n) is 4.48. The molecule has 1 fully saturated rings. The molecule has 1 saturated carbocycles. The van der Waals surface area contributed by atoms with Crippen LogP contribution in [0.25, 0.3) is 10.9 Å². The predicted octanol–water partition coefficient (Wildman–Crippen LogP) is 8.19. The lowest BCUT2D eigenvalue weighted by atomic mass is 9.88. The van der Waals surface area contributed by atoms with Gasteiger partial charge in [0.25, 0.3) is 5.56 Å². The summed E-state index contributed by atoms with van der Waals surface area (Å²) in [5.41, 5.74) is 2.52. The minimum absolute atomic E-state index is 0.141. The molecule has 0 bridgehead atoms. The summed E-state index contributed by atoms with van der Waals surface area (Å²) in [7, 11) is 0. The normalized spacial score (nSPS) is 14.5. The number of hydrogen-bond acceptors (Lipinski definition) is 4. The average molecular weight is 674 g/mol. The maximum atomic E-state index is 13.4. The summed E-state index contributed by atoms with van der Waals surface area (Å²) in [4.78, 5) is 18.3. The summed E-state index contributed by atoms with van der Waals surface area (Å²) >= 11 is 10.5. The van der Waals surface area contributed by atoms with E-state index in [1.165, 1.54) is 11.1 Å². The fraction of sp³-hybridized carbons (Fsp3) is 0.250. The lowest BCUT2D eigenvalue weighted by Gasteiger charge is -2.22. The number of benzene rings is 3. The molecule has 4 aromatic rings. The van der Waals surface area contributed by atoms with Gasteiger partial charge < -0.3 is 4.74 Å².